The number of allylic oxidation sites excluding steroid dienone is 1. The van der Waals surface area contributed by atoms with E-state index in [0.717, 1.165) is 37.1 Å². The van der Waals surface area contributed by atoms with Gasteiger partial charge in [-0.25, -0.2) is 5.84 Å². The van der Waals surface area contributed by atoms with Gasteiger partial charge in [0.2, 0.25) is 0 Å². The van der Waals surface area contributed by atoms with E-state index >= 15 is 0 Å². The molecule has 0 radical (unpaired) electrons. The summed E-state index contributed by atoms with van der Waals surface area (Å²) >= 11 is 0. The molecule has 0 bridgehead atoms. The van der Waals surface area contributed by atoms with Crippen molar-refractivity contribution >= 4 is 5.70 Å². The molecule has 0 aliphatic rings. The molecule has 0 aromatic heterocycles. The van der Waals surface area contributed by atoms with Crippen LogP contribution in [0.4, 0.5) is 0 Å². The van der Waals surface area contributed by atoms with Crippen LogP contribution in [-0.4, -0.2) is 24.8 Å². The summed E-state index contributed by atoms with van der Waals surface area (Å²) in [5.74, 6) is 6.35. The topological polar surface area (TPSA) is 38.5 Å². The predicted molar refractivity (Wildman–Crippen MR) is 104 cm³/mol. The Morgan fingerprint density at radius 2 is 1.92 bits per heavy atom. The quantitative estimate of drug-likeness (QED) is 0.381. The highest BCUT2D eigenvalue weighted by Gasteiger charge is 2.13. The lowest BCUT2D eigenvalue weighted by Gasteiger charge is -2.22. The molecule has 0 spiro atoms. The van der Waals surface area contributed by atoms with Gasteiger partial charge in [-0.1, -0.05) is 42.8 Å². The number of hydrogen-bond acceptors (Lipinski definition) is 3. The van der Waals surface area contributed by atoms with Gasteiger partial charge in [-0.15, -0.1) is 6.58 Å². The van der Waals surface area contributed by atoms with Crippen molar-refractivity contribution in [2.24, 2.45) is 11.8 Å². The number of hydrogen-bond donors (Lipinski definition) is 1. The number of nitrogens with zero attached hydrogens (tertiary/aromatic N) is 1. The molecule has 2 N–H and O–H groups in total. The van der Waals surface area contributed by atoms with Gasteiger partial charge in [-0.2, -0.15) is 0 Å². The van der Waals surface area contributed by atoms with Crippen molar-refractivity contribution in [3.05, 3.63) is 53.6 Å². The minimum atomic E-state index is 0.173. The summed E-state index contributed by atoms with van der Waals surface area (Å²) in [6.45, 7) is 13.1. The van der Waals surface area contributed by atoms with Crippen molar-refractivity contribution < 1.29 is 4.74 Å². The van der Waals surface area contributed by atoms with Gasteiger partial charge in [-0.3, -0.25) is 0 Å². The van der Waals surface area contributed by atoms with E-state index in [2.05, 4.69) is 57.7 Å². The summed E-state index contributed by atoms with van der Waals surface area (Å²) in [5, 5.41) is 1.69. The molecule has 3 nitrogen and oxygen atoms in total. The van der Waals surface area contributed by atoms with E-state index in [9.17, 15) is 0 Å². The number of benzene rings is 1. The van der Waals surface area contributed by atoms with E-state index < -0.39 is 0 Å². The third-order valence-electron chi connectivity index (χ3n) is 4.29. The van der Waals surface area contributed by atoms with Crippen molar-refractivity contribution in [1.29, 1.82) is 0 Å². The minimum absolute atomic E-state index is 0.173. The van der Waals surface area contributed by atoms with E-state index in [1.807, 2.05) is 14.0 Å². The number of hydrazine groups is 1. The molecule has 1 aromatic carbocycles. The fraction of sp³-hybridized carbons (Fsp3) is 0.524. The summed E-state index contributed by atoms with van der Waals surface area (Å²) in [4.78, 5) is 0. The van der Waals surface area contributed by atoms with Gasteiger partial charge in [0.05, 0.1) is 11.8 Å². The molecule has 0 fully saturated rings. The van der Waals surface area contributed by atoms with Gasteiger partial charge < -0.3 is 9.75 Å². The van der Waals surface area contributed by atoms with E-state index in [1.165, 1.54) is 11.1 Å². The maximum atomic E-state index is 6.06. The highest BCUT2D eigenvalue weighted by atomic mass is 16.5. The first-order chi connectivity index (χ1) is 11.3. The van der Waals surface area contributed by atoms with Gasteiger partial charge in [0, 0.05) is 19.6 Å². The molecule has 2 unspecified atom stereocenters. The first-order valence-corrected chi connectivity index (χ1v) is 8.90. The van der Waals surface area contributed by atoms with Crippen molar-refractivity contribution in [2.75, 3.05) is 13.7 Å². The Kier molecular flexibility index (Phi) is 8.80. The second-order valence-electron chi connectivity index (χ2n) is 6.69. The highest BCUT2D eigenvalue weighted by Crippen LogP contribution is 2.21. The van der Waals surface area contributed by atoms with Crippen LogP contribution >= 0.6 is 0 Å². The monoisotopic (exact) mass is 330 g/mol. The van der Waals surface area contributed by atoms with E-state index in [-0.39, 0.29) is 6.10 Å². The fourth-order valence-corrected chi connectivity index (χ4v) is 2.65. The van der Waals surface area contributed by atoms with E-state index in [0.29, 0.717) is 5.92 Å². The standard InChI is InChI=1S/C21H34N2O/c1-7-24-18(5)17(4)15-21(23(6)22)20-13-11-19(12-14-20)10-8-9-16(2)3/h11-15,17-18H,2,7-10,22H2,1,3-6H3/b21-15-. The van der Waals surface area contributed by atoms with Crippen molar-refractivity contribution in [3.63, 3.8) is 0 Å². The van der Waals surface area contributed by atoms with Gasteiger partial charge in [0.25, 0.3) is 0 Å². The molecule has 24 heavy (non-hydrogen) atoms. The molecule has 134 valence electrons. The third-order valence-corrected chi connectivity index (χ3v) is 4.29. The summed E-state index contributed by atoms with van der Waals surface area (Å²) in [5.41, 5.74) is 4.77. The Labute approximate surface area is 148 Å². The molecule has 2 atom stereocenters. The maximum absolute atomic E-state index is 6.06. The zero-order valence-electron chi connectivity index (χ0n) is 16.0. The third kappa shape index (κ3) is 6.90. The Morgan fingerprint density at radius 1 is 1.29 bits per heavy atom. The van der Waals surface area contributed by atoms with Crippen LogP contribution < -0.4 is 5.84 Å². The molecule has 0 aliphatic heterocycles. The summed E-state index contributed by atoms with van der Waals surface area (Å²) < 4.78 is 5.69. The lowest BCUT2D eigenvalue weighted by molar-refractivity contribution is 0.0522. The molecule has 0 heterocycles. The average molecular weight is 331 g/mol. The van der Waals surface area contributed by atoms with Gasteiger partial charge in [-0.05, 0) is 51.2 Å². The minimum Gasteiger partial charge on any atom is -0.378 e. The second kappa shape index (κ2) is 10.3. The number of ether oxygens (including phenoxy) is 1. The normalized spacial score (nSPS) is 14.3. The molecule has 1 aromatic rings. The molecular weight excluding hydrogens is 296 g/mol. The molecular formula is C21H34N2O. The van der Waals surface area contributed by atoms with E-state index in [1.54, 1.807) is 5.01 Å². The first-order valence-electron chi connectivity index (χ1n) is 8.90. The second-order valence-corrected chi connectivity index (χ2v) is 6.69. The van der Waals surface area contributed by atoms with Gasteiger partial charge in [0.1, 0.15) is 0 Å². The summed E-state index contributed by atoms with van der Waals surface area (Å²) in [6.07, 6.45) is 5.69. The summed E-state index contributed by atoms with van der Waals surface area (Å²) in [6, 6.07) is 8.70. The summed E-state index contributed by atoms with van der Waals surface area (Å²) in [7, 11) is 1.88. The van der Waals surface area contributed by atoms with Crippen LogP contribution in [0.25, 0.3) is 5.70 Å². The van der Waals surface area contributed by atoms with Gasteiger partial charge >= 0.3 is 0 Å². The SMILES string of the molecule is C=C(C)CCCc1ccc(/C(=C/C(C)C(C)OCC)N(C)N)cc1. The molecule has 1 rings (SSSR count). The number of nitrogens with two attached hydrogens (primary N) is 1. The lowest BCUT2D eigenvalue weighted by Crippen LogP contribution is -2.26. The van der Waals surface area contributed by atoms with Crippen LogP contribution in [0.15, 0.2) is 42.5 Å². The molecule has 0 saturated carbocycles. The Morgan fingerprint density at radius 3 is 2.42 bits per heavy atom. The smallest absolute Gasteiger partial charge is 0.0607 e. The maximum Gasteiger partial charge on any atom is 0.0607 e. The van der Waals surface area contributed by atoms with Crippen LogP contribution in [0.1, 0.15) is 51.7 Å². The molecule has 0 aliphatic carbocycles. The molecule has 0 saturated heterocycles. The highest BCUT2D eigenvalue weighted by molar-refractivity contribution is 5.64. The zero-order valence-corrected chi connectivity index (χ0v) is 16.0. The lowest BCUT2D eigenvalue weighted by atomic mass is 9.99. The van der Waals surface area contributed by atoms with Crippen LogP contribution in [0.2, 0.25) is 0 Å². The van der Waals surface area contributed by atoms with Crippen LogP contribution in [0, 0.1) is 5.92 Å². The molecule has 3 heteroatoms. The average Bonchev–Trinajstić information content (AvgIpc) is 2.52. The van der Waals surface area contributed by atoms with Crippen molar-refractivity contribution in [1.82, 2.24) is 5.01 Å². The van der Waals surface area contributed by atoms with Crippen molar-refractivity contribution in [2.45, 2.75) is 53.1 Å². The molecule has 0 amide bonds. The van der Waals surface area contributed by atoms with Gasteiger partial charge in [0.15, 0.2) is 0 Å². The predicted octanol–water partition coefficient (Wildman–Crippen LogP) is 4.79. The van der Waals surface area contributed by atoms with Crippen LogP contribution in [-0.2, 0) is 11.2 Å². The Hall–Kier alpha value is -1.58. The Bertz CT molecular complexity index is 531. The number of aryl methyl sites for hydroxylation is 1. The van der Waals surface area contributed by atoms with Crippen molar-refractivity contribution in [3.8, 4) is 0 Å². The number of rotatable bonds is 10. The zero-order chi connectivity index (χ0) is 18.1. The Balaban J connectivity index is 2.83. The fourth-order valence-electron chi connectivity index (χ4n) is 2.65. The largest absolute Gasteiger partial charge is 0.378 e. The first kappa shape index (κ1) is 20.5. The van der Waals surface area contributed by atoms with Crippen LogP contribution in [0.5, 0.6) is 0 Å². The van der Waals surface area contributed by atoms with E-state index in [4.69, 9.17) is 10.6 Å². The van der Waals surface area contributed by atoms with Crippen LogP contribution in [0.3, 0.4) is 0 Å².